The first-order valence-corrected chi connectivity index (χ1v) is 6.38. The van der Waals surface area contributed by atoms with E-state index in [1.54, 1.807) is 6.07 Å². The van der Waals surface area contributed by atoms with E-state index in [0.29, 0.717) is 12.6 Å². The number of rotatable bonds is 3. The molecule has 1 aromatic carbocycles. The molecule has 2 unspecified atom stereocenters. The third-order valence-corrected chi connectivity index (χ3v) is 3.53. The average Bonchev–Trinajstić information content (AvgIpc) is 2.31. The summed E-state index contributed by atoms with van der Waals surface area (Å²) in [5.74, 6) is -0.380. The van der Waals surface area contributed by atoms with Gasteiger partial charge in [0.25, 0.3) is 0 Å². The number of hydrogen-bond acceptors (Lipinski definition) is 2. The topological polar surface area (TPSA) is 32.3 Å². The van der Waals surface area contributed by atoms with Crippen molar-refractivity contribution >= 4 is 11.6 Å². The highest BCUT2D eigenvalue weighted by atomic mass is 35.5. The first-order chi connectivity index (χ1) is 8.15. The zero-order valence-corrected chi connectivity index (χ0v) is 10.4. The Morgan fingerprint density at radius 2 is 2.24 bits per heavy atom. The van der Waals surface area contributed by atoms with Gasteiger partial charge in [0, 0.05) is 12.6 Å². The number of benzene rings is 1. The minimum atomic E-state index is -0.380. The maximum absolute atomic E-state index is 13.2. The van der Waals surface area contributed by atoms with Crippen molar-refractivity contribution in [3.63, 3.8) is 0 Å². The van der Waals surface area contributed by atoms with Gasteiger partial charge in [-0.3, -0.25) is 0 Å². The Labute approximate surface area is 106 Å². The molecule has 1 saturated carbocycles. The van der Waals surface area contributed by atoms with Crippen LogP contribution in [-0.4, -0.2) is 17.3 Å². The average molecular weight is 258 g/mol. The summed E-state index contributed by atoms with van der Waals surface area (Å²) in [7, 11) is 0. The second-order valence-electron chi connectivity index (χ2n) is 4.65. The Kier molecular flexibility index (Phi) is 4.37. The molecule has 0 radical (unpaired) electrons. The second-order valence-corrected chi connectivity index (χ2v) is 5.05. The van der Waals surface area contributed by atoms with Gasteiger partial charge in [-0.05, 0) is 43.4 Å². The van der Waals surface area contributed by atoms with Crippen molar-refractivity contribution in [1.82, 2.24) is 5.32 Å². The van der Waals surface area contributed by atoms with Crippen LogP contribution in [0.3, 0.4) is 0 Å². The Balaban J connectivity index is 1.86. The number of hydrogen-bond donors (Lipinski definition) is 2. The van der Waals surface area contributed by atoms with Crippen LogP contribution in [0, 0.1) is 5.82 Å². The monoisotopic (exact) mass is 257 g/mol. The Bertz CT molecular complexity index is 386. The van der Waals surface area contributed by atoms with Gasteiger partial charge in [0.05, 0.1) is 11.1 Å². The molecule has 2 atom stereocenters. The fraction of sp³-hybridized carbons (Fsp3) is 0.538. The van der Waals surface area contributed by atoms with Crippen molar-refractivity contribution in [2.75, 3.05) is 0 Å². The van der Waals surface area contributed by atoms with E-state index in [1.165, 1.54) is 6.07 Å². The lowest BCUT2D eigenvalue weighted by molar-refractivity contribution is 0.111. The van der Waals surface area contributed by atoms with Crippen LogP contribution in [0.15, 0.2) is 18.2 Å². The molecule has 1 aliphatic carbocycles. The third kappa shape index (κ3) is 3.66. The number of halogens is 2. The third-order valence-electron chi connectivity index (χ3n) is 3.23. The van der Waals surface area contributed by atoms with Crippen molar-refractivity contribution in [1.29, 1.82) is 0 Å². The van der Waals surface area contributed by atoms with Gasteiger partial charge in [-0.25, -0.2) is 4.39 Å². The van der Waals surface area contributed by atoms with Crippen molar-refractivity contribution in [2.24, 2.45) is 0 Å². The van der Waals surface area contributed by atoms with Crippen molar-refractivity contribution in [3.05, 3.63) is 34.6 Å². The zero-order chi connectivity index (χ0) is 12.3. The Morgan fingerprint density at radius 1 is 1.41 bits per heavy atom. The molecular weight excluding hydrogens is 241 g/mol. The molecule has 17 heavy (non-hydrogen) atoms. The minimum Gasteiger partial charge on any atom is -0.393 e. The van der Waals surface area contributed by atoms with E-state index >= 15 is 0 Å². The predicted octanol–water partition coefficient (Wildman–Crippen LogP) is 2.87. The van der Waals surface area contributed by atoms with Gasteiger partial charge in [0.1, 0.15) is 5.82 Å². The first kappa shape index (κ1) is 12.8. The molecule has 0 saturated heterocycles. The summed E-state index contributed by atoms with van der Waals surface area (Å²) in [6.45, 7) is 0.617. The number of nitrogens with one attached hydrogen (secondary N) is 1. The van der Waals surface area contributed by atoms with Gasteiger partial charge in [-0.15, -0.1) is 0 Å². The van der Waals surface area contributed by atoms with Gasteiger partial charge in [0.2, 0.25) is 0 Å². The highest BCUT2D eigenvalue weighted by Gasteiger charge is 2.19. The molecule has 94 valence electrons. The van der Waals surface area contributed by atoms with Gasteiger partial charge in [-0.1, -0.05) is 17.7 Å². The molecule has 0 heterocycles. The van der Waals surface area contributed by atoms with Crippen LogP contribution in [0.5, 0.6) is 0 Å². The van der Waals surface area contributed by atoms with Crippen LogP contribution in [0.1, 0.15) is 31.2 Å². The van der Waals surface area contributed by atoms with E-state index in [9.17, 15) is 9.50 Å². The zero-order valence-electron chi connectivity index (χ0n) is 9.63. The first-order valence-electron chi connectivity index (χ1n) is 6.00. The molecular formula is C13H17ClFNO. The van der Waals surface area contributed by atoms with Crippen molar-refractivity contribution < 1.29 is 9.50 Å². The molecule has 1 fully saturated rings. The standard InChI is InChI=1S/C13H17ClFNO/c14-12-5-4-9(6-13(12)15)8-16-10-2-1-3-11(17)7-10/h4-6,10-11,16-17H,1-3,7-8H2. The lowest BCUT2D eigenvalue weighted by Gasteiger charge is -2.26. The van der Waals surface area contributed by atoms with E-state index in [2.05, 4.69) is 5.32 Å². The molecule has 1 aromatic rings. The summed E-state index contributed by atoms with van der Waals surface area (Å²) in [6, 6.07) is 5.17. The molecule has 0 aliphatic heterocycles. The molecule has 0 aromatic heterocycles. The molecule has 0 spiro atoms. The van der Waals surface area contributed by atoms with Crippen molar-refractivity contribution in [2.45, 2.75) is 44.4 Å². The maximum atomic E-state index is 13.2. The summed E-state index contributed by atoms with van der Waals surface area (Å²) >= 11 is 5.62. The SMILES string of the molecule is OC1CCCC(NCc2ccc(Cl)c(F)c2)C1. The fourth-order valence-corrected chi connectivity index (χ4v) is 2.38. The maximum Gasteiger partial charge on any atom is 0.142 e. The van der Waals surface area contributed by atoms with Gasteiger partial charge >= 0.3 is 0 Å². The van der Waals surface area contributed by atoms with Gasteiger partial charge in [0.15, 0.2) is 0 Å². The van der Waals surface area contributed by atoms with E-state index in [1.807, 2.05) is 6.07 Å². The summed E-state index contributed by atoms with van der Waals surface area (Å²) in [5, 5.41) is 13.0. The van der Waals surface area contributed by atoms with Crippen LogP contribution in [0.4, 0.5) is 4.39 Å². The van der Waals surface area contributed by atoms with E-state index < -0.39 is 0 Å². The molecule has 0 amide bonds. The minimum absolute atomic E-state index is 0.154. The molecule has 0 bridgehead atoms. The highest BCUT2D eigenvalue weighted by molar-refractivity contribution is 6.30. The van der Waals surface area contributed by atoms with Gasteiger partial charge in [-0.2, -0.15) is 0 Å². The smallest absolute Gasteiger partial charge is 0.142 e. The molecule has 2 N–H and O–H groups in total. The molecule has 1 aliphatic rings. The Morgan fingerprint density at radius 3 is 2.94 bits per heavy atom. The van der Waals surface area contributed by atoms with E-state index in [0.717, 1.165) is 31.2 Å². The fourth-order valence-electron chi connectivity index (χ4n) is 2.26. The molecule has 2 nitrogen and oxygen atoms in total. The van der Waals surface area contributed by atoms with E-state index in [4.69, 9.17) is 11.6 Å². The molecule has 4 heteroatoms. The lowest BCUT2D eigenvalue weighted by atomic mass is 9.93. The largest absolute Gasteiger partial charge is 0.393 e. The van der Waals surface area contributed by atoms with Gasteiger partial charge < -0.3 is 10.4 Å². The van der Waals surface area contributed by atoms with Crippen LogP contribution in [0.25, 0.3) is 0 Å². The number of aliphatic hydroxyl groups is 1. The van der Waals surface area contributed by atoms with Crippen LogP contribution < -0.4 is 5.32 Å². The van der Waals surface area contributed by atoms with E-state index in [-0.39, 0.29) is 16.9 Å². The second kappa shape index (κ2) is 5.80. The predicted molar refractivity (Wildman–Crippen MR) is 66.5 cm³/mol. The summed E-state index contributed by atoms with van der Waals surface area (Å²) in [5.41, 5.74) is 0.881. The quantitative estimate of drug-likeness (QED) is 0.873. The summed E-state index contributed by atoms with van der Waals surface area (Å²) < 4.78 is 13.2. The molecule has 2 rings (SSSR count). The van der Waals surface area contributed by atoms with Crippen molar-refractivity contribution in [3.8, 4) is 0 Å². The van der Waals surface area contributed by atoms with Crippen LogP contribution in [-0.2, 0) is 6.54 Å². The summed E-state index contributed by atoms with van der Waals surface area (Å²) in [4.78, 5) is 0. The van der Waals surface area contributed by atoms with Crippen LogP contribution in [0.2, 0.25) is 5.02 Å². The number of aliphatic hydroxyl groups excluding tert-OH is 1. The highest BCUT2D eigenvalue weighted by Crippen LogP contribution is 2.19. The lowest BCUT2D eigenvalue weighted by Crippen LogP contribution is -2.35. The van der Waals surface area contributed by atoms with Crippen LogP contribution >= 0.6 is 11.6 Å². The normalized spacial score (nSPS) is 24.9. The Hall–Kier alpha value is -0.640. The summed E-state index contributed by atoms with van der Waals surface area (Å²) in [6.07, 6.45) is 3.62.